The van der Waals surface area contributed by atoms with Crippen molar-refractivity contribution in [3.8, 4) is 0 Å². The van der Waals surface area contributed by atoms with Gasteiger partial charge in [-0.15, -0.1) is 0 Å². The van der Waals surface area contributed by atoms with E-state index in [-0.39, 0.29) is 34.6 Å². The fourth-order valence-corrected chi connectivity index (χ4v) is 6.53. The van der Waals surface area contributed by atoms with Crippen molar-refractivity contribution in [3.63, 3.8) is 0 Å². The van der Waals surface area contributed by atoms with Gasteiger partial charge in [-0.1, -0.05) is 63.2 Å². The summed E-state index contributed by atoms with van der Waals surface area (Å²) < 4.78 is 0. The molecule has 1 saturated carbocycles. The number of carbonyl (C=O) groups is 3. The van der Waals surface area contributed by atoms with Crippen LogP contribution in [0.25, 0.3) is 0 Å². The normalized spacial score (nSPS) is 26.9. The van der Waals surface area contributed by atoms with Crippen molar-refractivity contribution in [2.24, 2.45) is 10.8 Å². The third-order valence-corrected chi connectivity index (χ3v) is 7.39. The molecule has 0 spiro atoms. The first-order valence-electron chi connectivity index (χ1n) is 11.5. The highest BCUT2D eigenvalue weighted by atomic mass is 16.2. The van der Waals surface area contributed by atoms with Gasteiger partial charge in [-0.3, -0.25) is 19.3 Å². The van der Waals surface area contributed by atoms with Gasteiger partial charge in [-0.05, 0) is 47.8 Å². The van der Waals surface area contributed by atoms with Crippen LogP contribution < -0.4 is 0 Å². The van der Waals surface area contributed by atoms with Gasteiger partial charge >= 0.3 is 0 Å². The summed E-state index contributed by atoms with van der Waals surface area (Å²) >= 11 is 0. The fourth-order valence-electron chi connectivity index (χ4n) is 6.53. The lowest BCUT2D eigenvalue weighted by atomic mass is 9.65. The average molecular weight is 431 g/mol. The highest BCUT2D eigenvalue weighted by molar-refractivity contribution is 6.22. The van der Waals surface area contributed by atoms with Gasteiger partial charge in [-0.2, -0.15) is 0 Å². The molecule has 3 amide bonds. The van der Waals surface area contributed by atoms with E-state index in [1.165, 1.54) is 4.90 Å². The Labute approximate surface area is 189 Å². The third kappa shape index (κ3) is 3.44. The Bertz CT molecular complexity index is 1060. The number of imide groups is 1. The van der Waals surface area contributed by atoms with Crippen LogP contribution in [0.5, 0.6) is 0 Å². The quantitative estimate of drug-likeness (QED) is 0.679. The lowest BCUT2D eigenvalue weighted by Crippen LogP contribution is -2.53. The van der Waals surface area contributed by atoms with Gasteiger partial charge in [0.25, 0.3) is 11.8 Å². The van der Waals surface area contributed by atoms with E-state index in [0.717, 1.165) is 24.8 Å². The Kier molecular flexibility index (Phi) is 4.77. The minimum atomic E-state index is -0.837. The van der Waals surface area contributed by atoms with Crippen LogP contribution in [-0.4, -0.2) is 46.1 Å². The molecule has 32 heavy (non-hydrogen) atoms. The predicted octanol–water partition coefficient (Wildman–Crippen LogP) is 4.32. The first-order valence-corrected chi connectivity index (χ1v) is 11.5. The molecular formula is C27H30N2O3. The second kappa shape index (κ2) is 7.29. The fraction of sp³-hybridized carbons (Fsp3) is 0.444. The zero-order chi connectivity index (χ0) is 22.7. The van der Waals surface area contributed by atoms with Crippen molar-refractivity contribution in [2.45, 2.75) is 58.5 Å². The molecular weight excluding hydrogens is 400 g/mol. The Hall–Kier alpha value is -2.95. The Morgan fingerprint density at radius 3 is 2.16 bits per heavy atom. The van der Waals surface area contributed by atoms with Gasteiger partial charge in [0.05, 0.1) is 11.1 Å². The number of hydrogen-bond acceptors (Lipinski definition) is 3. The minimum absolute atomic E-state index is 0.0847. The number of carbonyl (C=O) groups excluding carboxylic acids is 3. The van der Waals surface area contributed by atoms with E-state index >= 15 is 0 Å². The first kappa shape index (κ1) is 20.9. The van der Waals surface area contributed by atoms with Crippen LogP contribution in [0.1, 0.15) is 66.3 Å². The van der Waals surface area contributed by atoms with Crippen LogP contribution in [0.3, 0.4) is 0 Å². The Balaban J connectivity index is 1.51. The zero-order valence-corrected chi connectivity index (χ0v) is 19.0. The Morgan fingerprint density at radius 1 is 0.938 bits per heavy atom. The van der Waals surface area contributed by atoms with Crippen LogP contribution >= 0.6 is 0 Å². The molecule has 2 aromatic rings. The molecule has 0 radical (unpaired) electrons. The lowest BCUT2D eigenvalue weighted by molar-refractivity contribution is -0.136. The summed E-state index contributed by atoms with van der Waals surface area (Å²) in [6, 6.07) is 15.9. The molecule has 1 aliphatic carbocycles. The second-order valence-electron chi connectivity index (χ2n) is 10.9. The van der Waals surface area contributed by atoms with E-state index in [1.807, 2.05) is 35.2 Å². The molecule has 0 unspecified atom stereocenters. The largest absolute Gasteiger partial charge is 0.337 e. The van der Waals surface area contributed by atoms with Gasteiger partial charge in [0.2, 0.25) is 5.91 Å². The van der Waals surface area contributed by atoms with E-state index < -0.39 is 6.04 Å². The SMILES string of the molecule is CC1(C)C[C@H]2C[C@@](C)(CN2C(=O)[C@H](Cc2ccccc2)N2C(=O)c3ccccc3C2=O)C1. The summed E-state index contributed by atoms with van der Waals surface area (Å²) in [6.07, 6.45) is 3.35. The first-order chi connectivity index (χ1) is 15.2. The number of rotatable bonds is 4. The molecule has 0 aromatic heterocycles. The van der Waals surface area contributed by atoms with Crippen molar-refractivity contribution < 1.29 is 14.4 Å². The topological polar surface area (TPSA) is 57.7 Å². The molecule has 0 N–H and O–H groups in total. The van der Waals surface area contributed by atoms with Crippen molar-refractivity contribution >= 4 is 17.7 Å². The van der Waals surface area contributed by atoms with E-state index in [9.17, 15) is 14.4 Å². The highest BCUT2D eigenvalue weighted by Gasteiger charge is 2.53. The number of fused-ring (bicyclic) bond motifs is 3. The number of nitrogens with zero attached hydrogens (tertiary/aromatic N) is 2. The molecule has 2 heterocycles. The summed E-state index contributed by atoms with van der Waals surface area (Å²) in [7, 11) is 0. The smallest absolute Gasteiger partial charge is 0.262 e. The molecule has 5 heteroatoms. The van der Waals surface area contributed by atoms with Crippen molar-refractivity contribution in [1.29, 1.82) is 0 Å². The summed E-state index contributed by atoms with van der Waals surface area (Å²) in [4.78, 5) is 43.8. The molecule has 3 aliphatic rings. The van der Waals surface area contributed by atoms with Crippen LogP contribution in [-0.2, 0) is 11.2 Å². The highest BCUT2D eigenvalue weighted by Crippen LogP contribution is 2.52. The maximum absolute atomic E-state index is 14.1. The maximum Gasteiger partial charge on any atom is 0.262 e. The Morgan fingerprint density at radius 2 is 1.53 bits per heavy atom. The molecule has 5 rings (SSSR count). The van der Waals surface area contributed by atoms with Gasteiger partial charge < -0.3 is 4.90 Å². The summed E-state index contributed by atoms with van der Waals surface area (Å²) in [6.45, 7) is 7.50. The third-order valence-electron chi connectivity index (χ3n) is 7.39. The lowest BCUT2D eigenvalue weighted by Gasteiger charge is -2.39. The minimum Gasteiger partial charge on any atom is -0.337 e. The molecule has 3 atom stereocenters. The van der Waals surface area contributed by atoms with Gasteiger partial charge in [-0.25, -0.2) is 0 Å². The van der Waals surface area contributed by atoms with E-state index in [4.69, 9.17) is 0 Å². The second-order valence-corrected chi connectivity index (χ2v) is 10.9. The van der Waals surface area contributed by atoms with Gasteiger partial charge in [0, 0.05) is 19.0 Å². The molecule has 2 aliphatic heterocycles. The van der Waals surface area contributed by atoms with Gasteiger partial charge in [0.1, 0.15) is 6.04 Å². The van der Waals surface area contributed by atoms with Crippen molar-refractivity contribution in [1.82, 2.24) is 9.80 Å². The molecule has 166 valence electrons. The number of likely N-dealkylation sites (tertiary alicyclic amines) is 1. The van der Waals surface area contributed by atoms with Crippen molar-refractivity contribution in [3.05, 3.63) is 71.3 Å². The van der Waals surface area contributed by atoms with Crippen molar-refractivity contribution in [2.75, 3.05) is 6.54 Å². The summed E-state index contributed by atoms with van der Waals surface area (Å²) in [5.74, 6) is -0.836. The number of benzene rings is 2. The standard InChI is InChI=1S/C27H30N2O3/c1-26(2)14-19-15-27(3,16-26)17-28(19)25(32)22(13-18-9-5-4-6-10-18)29-23(30)20-11-7-8-12-21(20)24(29)31/h4-12,19,22H,13-17H2,1-3H3/t19-,22-,27+/m0/s1. The van der Waals surface area contributed by atoms with Crippen LogP contribution in [0.4, 0.5) is 0 Å². The predicted molar refractivity (Wildman–Crippen MR) is 122 cm³/mol. The zero-order valence-electron chi connectivity index (χ0n) is 19.0. The van der Waals surface area contributed by atoms with E-state index in [1.54, 1.807) is 24.3 Å². The monoisotopic (exact) mass is 430 g/mol. The van der Waals surface area contributed by atoms with Crippen LogP contribution in [0, 0.1) is 10.8 Å². The van der Waals surface area contributed by atoms with Gasteiger partial charge in [0.15, 0.2) is 0 Å². The average Bonchev–Trinajstić information content (AvgIpc) is 3.15. The molecule has 2 fully saturated rings. The maximum atomic E-state index is 14.1. The van der Waals surface area contributed by atoms with Crippen LogP contribution in [0.15, 0.2) is 54.6 Å². The number of amides is 3. The molecule has 2 bridgehead atoms. The van der Waals surface area contributed by atoms with E-state index in [0.29, 0.717) is 24.1 Å². The summed E-state index contributed by atoms with van der Waals surface area (Å²) in [5.41, 5.74) is 1.97. The molecule has 5 nitrogen and oxygen atoms in total. The molecule has 1 saturated heterocycles. The molecule has 2 aromatic carbocycles. The van der Waals surface area contributed by atoms with E-state index in [2.05, 4.69) is 20.8 Å². The van der Waals surface area contributed by atoms with Crippen LogP contribution in [0.2, 0.25) is 0 Å². The summed E-state index contributed by atoms with van der Waals surface area (Å²) in [5, 5.41) is 0. The number of hydrogen-bond donors (Lipinski definition) is 0.